The van der Waals surface area contributed by atoms with Crippen LogP contribution in [0.5, 0.6) is 5.75 Å². The molecule has 2 aromatic carbocycles. The molecule has 0 aliphatic heterocycles. The van der Waals surface area contributed by atoms with Crippen LogP contribution in [0.3, 0.4) is 0 Å². The Morgan fingerprint density at radius 3 is 2.85 bits per heavy atom. The molecular weight excluding hydrogens is 341 g/mol. The predicted molar refractivity (Wildman–Crippen MR) is 83.0 cm³/mol. The molecule has 20 heavy (non-hydrogen) atoms. The van der Waals surface area contributed by atoms with Crippen molar-refractivity contribution in [1.82, 2.24) is 4.98 Å². The molecule has 0 radical (unpaired) electrons. The van der Waals surface area contributed by atoms with Gasteiger partial charge in [-0.2, -0.15) is 0 Å². The Bertz CT molecular complexity index is 711. The molecule has 0 spiro atoms. The molecule has 3 rings (SSSR count). The Hall–Kier alpha value is -1.46. The van der Waals surface area contributed by atoms with Crippen molar-refractivity contribution in [2.75, 3.05) is 0 Å². The van der Waals surface area contributed by atoms with Crippen molar-refractivity contribution in [2.24, 2.45) is 0 Å². The van der Waals surface area contributed by atoms with Crippen molar-refractivity contribution >= 4 is 37.5 Å². The molecule has 1 aromatic heterocycles. The molecule has 0 amide bonds. The minimum Gasteiger partial charge on any atom is -0.486 e. The summed E-state index contributed by atoms with van der Waals surface area (Å²) in [5.41, 5.74) is 1.78. The van der Waals surface area contributed by atoms with Gasteiger partial charge in [0.05, 0.1) is 10.2 Å². The van der Waals surface area contributed by atoms with E-state index in [4.69, 9.17) is 4.74 Å². The fourth-order valence-electron chi connectivity index (χ4n) is 1.91. The summed E-state index contributed by atoms with van der Waals surface area (Å²) in [6.45, 7) is 0.394. The highest BCUT2D eigenvalue weighted by atomic mass is 79.9. The fraction of sp³-hybridized carbons (Fsp3) is 0.133. The minimum absolute atomic E-state index is 0.258. The maximum atomic E-state index is 13.2. The highest BCUT2D eigenvalue weighted by Gasteiger charge is 2.07. The molecule has 0 saturated carbocycles. The second-order valence-electron chi connectivity index (χ2n) is 4.25. The number of para-hydroxylation sites is 1. The molecule has 2 nitrogen and oxygen atoms in total. The zero-order valence-electron chi connectivity index (χ0n) is 10.5. The van der Waals surface area contributed by atoms with E-state index in [0.717, 1.165) is 20.8 Å². The number of ether oxygens (including phenoxy) is 1. The molecule has 0 aliphatic carbocycles. The van der Waals surface area contributed by atoms with Crippen LogP contribution in [0.4, 0.5) is 4.39 Å². The van der Waals surface area contributed by atoms with E-state index in [1.165, 1.54) is 12.1 Å². The molecule has 102 valence electrons. The summed E-state index contributed by atoms with van der Waals surface area (Å²) in [7, 11) is 0. The van der Waals surface area contributed by atoms with Crippen LogP contribution >= 0.6 is 27.3 Å². The van der Waals surface area contributed by atoms with Gasteiger partial charge in [0, 0.05) is 10.9 Å². The van der Waals surface area contributed by atoms with Gasteiger partial charge >= 0.3 is 0 Å². The van der Waals surface area contributed by atoms with Crippen LogP contribution in [0.1, 0.15) is 10.6 Å². The fourth-order valence-corrected chi connectivity index (χ4v) is 3.23. The monoisotopic (exact) mass is 351 g/mol. The summed E-state index contributed by atoms with van der Waals surface area (Å²) in [5.74, 6) is 0.425. The summed E-state index contributed by atoms with van der Waals surface area (Å²) in [5, 5.41) is 1.47. The molecule has 5 heteroatoms. The summed E-state index contributed by atoms with van der Waals surface area (Å²) in [6, 6.07) is 12.5. The molecule has 0 saturated heterocycles. The maximum Gasteiger partial charge on any atom is 0.140 e. The van der Waals surface area contributed by atoms with Crippen LogP contribution in [0.2, 0.25) is 0 Å². The van der Waals surface area contributed by atoms with Crippen molar-refractivity contribution in [3.05, 3.63) is 58.9 Å². The summed E-state index contributed by atoms with van der Waals surface area (Å²) >= 11 is 4.95. The van der Waals surface area contributed by atoms with Crippen LogP contribution in [-0.4, -0.2) is 4.98 Å². The van der Waals surface area contributed by atoms with Gasteiger partial charge in [-0.1, -0.05) is 28.1 Å². The van der Waals surface area contributed by atoms with E-state index < -0.39 is 0 Å². The molecule has 1 heterocycles. The average Bonchev–Trinajstić information content (AvgIpc) is 2.88. The Morgan fingerprint density at radius 2 is 2.05 bits per heavy atom. The van der Waals surface area contributed by atoms with Gasteiger partial charge in [-0.25, -0.2) is 9.37 Å². The number of thiazole rings is 1. The van der Waals surface area contributed by atoms with Crippen molar-refractivity contribution in [2.45, 2.75) is 11.9 Å². The standard InChI is InChI=1S/C15H11BrFNOS/c16-8-10-7-11(17)5-6-13(10)19-9-15-18-12-3-1-2-4-14(12)20-15/h1-7H,8-9H2. The largest absolute Gasteiger partial charge is 0.486 e. The lowest BCUT2D eigenvalue weighted by atomic mass is 10.2. The normalized spacial score (nSPS) is 10.9. The van der Waals surface area contributed by atoms with Gasteiger partial charge in [-0.15, -0.1) is 11.3 Å². The van der Waals surface area contributed by atoms with Gasteiger partial charge < -0.3 is 4.74 Å². The van der Waals surface area contributed by atoms with Crippen molar-refractivity contribution in [3.63, 3.8) is 0 Å². The Balaban J connectivity index is 1.79. The first-order valence-electron chi connectivity index (χ1n) is 6.08. The van der Waals surface area contributed by atoms with Crippen molar-refractivity contribution in [1.29, 1.82) is 0 Å². The number of hydrogen-bond acceptors (Lipinski definition) is 3. The Labute approximate surface area is 128 Å². The number of halogens is 2. The van der Waals surface area contributed by atoms with Gasteiger partial charge in [0.1, 0.15) is 23.2 Å². The molecule has 0 N–H and O–H groups in total. The van der Waals surface area contributed by atoms with Crippen LogP contribution in [0.25, 0.3) is 10.2 Å². The molecule has 0 fully saturated rings. The minimum atomic E-state index is -0.258. The van der Waals surface area contributed by atoms with E-state index in [-0.39, 0.29) is 5.82 Å². The van der Waals surface area contributed by atoms with Crippen LogP contribution in [0, 0.1) is 5.82 Å². The Kier molecular flexibility index (Phi) is 3.98. The molecular formula is C15H11BrFNOS. The number of fused-ring (bicyclic) bond motifs is 1. The van der Waals surface area contributed by atoms with Crippen molar-refractivity contribution in [3.8, 4) is 5.75 Å². The zero-order chi connectivity index (χ0) is 13.9. The first-order chi connectivity index (χ1) is 9.76. The third kappa shape index (κ3) is 2.83. The van der Waals surface area contributed by atoms with Crippen LogP contribution in [-0.2, 0) is 11.9 Å². The Morgan fingerprint density at radius 1 is 1.20 bits per heavy atom. The van der Waals surface area contributed by atoms with E-state index in [1.807, 2.05) is 24.3 Å². The van der Waals surface area contributed by atoms with Crippen molar-refractivity contribution < 1.29 is 9.13 Å². The SMILES string of the molecule is Fc1ccc(OCc2nc3ccccc3s2)c(CBr)c1. The number of aromatic nitrogens is 1. The molecule has 0 atom stereocenters. The van der Waals surface area contributed by atoms with E-state index in [9.17, 15) is 4.39 Å². The number of nitrogens with zero attached hydrogens (tertiary/aromatic N) is 1. The van der Waals surface area contributed by atoms with E-state index in [2.05, 4.69) is 20.9 Å². The lowest BCUT2D eigenvalue weighted by molar-refractivity contribution is 0.303. The van der Waals surface area contributed by atoms with Crippen LogP contribution in [0.15, 0.2) is 42.5 Å². The molecule has 0 unspecified atom stereocenters. The molecule has 3 aromatic rings. The van der Waals surface area contributed by atoms with Gasteiger partial charge in [-0.05, 0) is 30.3 Å². The van der Waals surface area contributed by atoms with Gasteiger partial charge in [0.2, 0.25) is 0 Å². The quantitative estimate of drug-likeness (QED) is 0.623. The molecule has 0 bridgehead atoms. The van der Waals surface area contributed by atoms with Crippen LogP contribution < -0.4 is 4.74 Å². The smallest absolute Gasteiger partial charge is 0.140 e. The van der Waals surface area contributed by atoms with E-state index in [0.29, 0.717) is 17.7 Å². The first-order valence-corrected chi connectivity index (χ1v) is 8.01. The predicted octanol–water partition coefficient (Wildman–Crippen LogP) is 4.91. The lowest BCUT2D eigenvalue weighted by Gasteiger charge is -2.08. The maximum absolute atomic E-state index is 13.2. The van der Waals surface area contributed by atoms with Gasteiger partial charge in [0.25, 0.3) is 0 Å². The highest BCUT2D eigenvalue weighted by Crippen LogP contribution is 2.26. The number of alkyl halides is 1. The lowest BCUT2D eigenvalue weighted by Crippen LogP contribution is -1.97. The average molecular weight is 352 g/mol. The number of benzene rings is 2. The zero-order valence-corrected chi connectivity index (χ0v) is 12.9. The molecule has 0 aliphatic rings. The topological polar surface area (TPSA) is 22.1 Å². The van der Waals surface area contributed by atoms with E-state index in [1.54, 1.807) is 17.4 Å². The second-order valence-corrected chi connectivity index (χ2v) is 5.93. The summed E-state index contributed by atoms with van der Waals surface area (Å²) < 4.78 is 20.0. The summed E-state index contributed by atoms with van der Waals surface area (Å²) in [4.78, 5) is 4.51. The first kappa shape index (κ1) is 13.5. The summed E-state index contributed by atoms with van der Waals surface area (Å²) in [6.07, 6.45) is 0. The highest BCUT2D eigenvalue weighted by molar-refractivity contribution is 9.08. The van der Waals surface area contributed by atoms with Gasteiger partial charge in [0.15, 0.2) is 0 Å². The third-order valence-corrected chi connectivity index (χ3v) is 4.47. The van der Waals surface area contributed by atoms with E-state index >= 15 is 0 Å². The third-order valence-electron chi connectivity index (χ3n) is 2.86. The number of rotatable bonds is 4. The van der Waals surface area contributed by atoms with Gasteiger partial charge in [-0.3, -0.25) is 0 Å². The second kappa shape index (κ2) is 5.89. The number of hydrogen-bond donors (Lipinski definition) is 0.